The lowest BCUT2D eigenvalue weighted by molar-refractivity contribution is -0.0478. The first kappa shape index (κ1) is 9.40. The molecule has 3 atom stereocenters. The average Bonchev–Trinajstić information content (AvgIpc) is 2.51. The van der Waals surface area contributed by atoms with Gasteiger partial charge in [0, 0.05) is 38.3 Å². The molecule has 0 aromatic heterocycles. The number of nitrogens with one attached hydrogen (secondary N) is 1. The Hall–Kier alpha value is -0.160. The number of hydrogen-bond donors (Lipinski definition) is 2. The van der Waals surface area contributed by atoms with E-state index in [2.05, 4.69) is 17.1 Å². The van der Waals surface area contributed by atoms with E-state index in [1.807, 2.05) is 0 Å². The molecule has 13 heavy (non-hydrogen) atoms. The van der Waals surface area contributed by atoms with E-state index >= 15 is 0 Å². The van der Waals surface area contributed by atoms with Gasteiger partial charge in [0.15, 0.2) is 0 Å². The summed E-state index contributed by atoms with van der Waals surface area (Å²) in [7, 11) is 0. The molecule has 76 valence electrons. The van der Waals surface area contributed by atoms with Crippen LogP contribution in [0.4, 0.5) is 0 Å². The van der Waals surface area contributed by atoms with Gasteiger partial charge in [-0.1, -0.05) is 0 Å². The molecule has 1 unspecified atom stereocenters. The minimum Gasteiger partial charge on any atom is -0.374 e. The van der Waals surface area contributed by atoms with E-state index in [0.29, 0.717) is 12.1 Å². The molecule has 4 nitrogen and oxygen atoms in total. The Balaban J connectivity index is 1.93. The van der Waals surface area contributed by atoms with Crippen LogP contribution in [0.15, 0.2) is 0 Å². The molecule has 0 radical (unpaired) electrons. The van der Waals surface area contributed by atoms with Crippen molar-refractivity contribution in [2.24, 2.45) is 5.73 Å². The fourth-order valence-electron chi connectivity index (χ4n) is 2.26. The maximum absolute atomic E-state index is 5.80. The molecule has 2 aliphatic rings. The molecule has 2 fully saturated rings. The molecule has 2 heterocycles. The summed E-state index contributed by atoms with van der Waals surface area (Å²) >= 11 is 0. The highest BCUT2D eigenvalue weighted by Gasteiger charge is 2.35. The topological polar surface area (TPSA) is 50.5 Å². The molecule has 0 aliphatic carbocycles. The van der Waals surface area contributed by atoms with Gasteiger partial charge in [0.05, 0.1) is 12.7 Å². The fourth-order valence-corrected chi connectivity index (χ4v) is 2.26. The number of morpholine rings is 1. The second kappa shape index (κ2) is 3.92. The summed E-state index contributed by atoms with van der Waals surface area (Å²) < 4.78 is 5.67. The molecular formula is C9H19N3O. The Kier molecular flexibility index (Phi) is 2.83. The minimum absolute atomic E-state index is 0.263. The van der Waals surface area contributed by atoms with Crippen molar-refractivity contribution >= 4 is 0 Å². The molecule has 4 heteroatoms. The highest BCUT2D eigenvalue weighted by atomic mass is 16.5. The lowest BCUT2D eigenvalue weighted by atomic mass is 10.1. The van der Waals surface area contributed by atoms with Crippen LogP contribution in [0.1, 0.15) is 6.92 Å². The van der Waals surface area contributed by atoms with E-state index in [1.165, 1.54) is 0 Å². The summed E-state index contributed by atoms with van der Waals surface area (Å²) in [5, 5.41) is 3.36. The number of nitrogens with zero attached hydrogens (tertiary/aromatic N) is 1. The van der Waals surface area contributed by atoms with Crippen molar-refractivity contribution < 1.29 is 4.74 Å². The zero-order valence-corrected chi connectivity index (χ0v) is 8.20. The maximum atomic E-state index is 5.80. The summed E-state index contributed by atoms with van der Waals surface area (Å²) in [6, 6.07) is 0.819. The smallest absolute Gasteiger partial charge is 0.0867 e. The number of ether oxygens (including phenoxy) is 1. The van der Waals surface area contributed by atoms with Crippen molar-refractivity contribution in [3.05, 3.63) is 0 Å². The molecule has 0 amide bonds. The Morgan fingerprint density at radius 1 is 1.62 bits per heavy atom. The number of fused-ring (bicyclic) bond motifs is 1. The first-order chi connectivity index (χ1) is 6.27. The molecule has 2 saturated heterocycles. The Bertz CT molecular complexity index is 174. The van der Waals surface area contributed by atoms with Gasteiger partial charge in [0.25, 0.3) is 0 Å². The van der Waals surface area contributed by atoms with Gasteiger partial charge in [-0.15, -0.1) is 0 Å². The van der Waals surface area contributed by atoms with Gasteiger partial charge in [-0.25, -0.2) is 0 Å². The van der Waals surface area contributed by atoms with Gasteiger partial charge >= 0.3 is 0 Å². The van der Waals surface area contributed by atoms with E-state index in [4.69, 9.17) is 10.5 Å². The van der Waals surface area contributed by atoms with Gasteiger partial charge < -0.3 is 15.8 Å². The largest absolute Gasteiger partial charge is 0.374 e. The van der Waals surface area contributed by atoms with Gasteiger partial charge in [0.1, 0.15) is 0 Å². The second-order valence-electron chi connectivity index (χ2n) is 4.11. The number of rotatable bonds is 2. The second-order valence-corrected chi connectivity index (χ2v) is 4.11. The average molecular weight is 185 g/mol. The summed E-state index contributed by atoms with van der Waals surface area (Å²) in [6.45, 7) is 7.00. The Morgan fingerprint density at radius 3 is 3.23 bits per heavy atom. The number of nitrogens with two attached hydrogens (primary N) is 1. The van der Waals surface area contributed by atoms with Gasteiger partial charge in [-0.3, -0.25) is 4.90 Å². The van der Waals surface area contributed by atoms with E-state index < -0.39 is 0 Å². The van der Waals surface area contributed by atoms with Gasteiger partial charge in [0.2, 0.25) is 0 Å². The SMILES string of the molecule is CC(N)CN1CCO[C@@H]2CNC[C@H]21. The zero-order chi connectivity index (χ0) is 9.26. The molecule has 2 rings (SSSR count). The maximum Gasteiger partial charge on any atom is 0.0867 e. The lowest BCUT2D eigenvalue weighted by Gasteiger charge is -2.37. The third kappa shape index (κ3) is 2.02. The monoisotopic (exact) mass is 185 g/mol. The molecule has 0 aromatic rings. The lowest BCUT2D eigenvalue weighted by Crippen LogP contribution is -2.53. The zero-order valence-electron chi connectivity index (χ0n) is 8.20. The summed E-state index contributed by atoms with van der Waals surface area (Å²) in [5.41, 5.74) is 5.80. The van der Waals surface area contributed by atoms with Crippen molar-refractivity contribution in [3.8, 4) is 0 Å². The normalized spacial score (nSPS) is 37.4. The molecule has 3 N–H and O–H groups in total. The predicted octanol–water partition coefficient (Wildman–Crippen LogP) is -0.994. The van der Waals surface area contributed by atoms with Crippen LogP contribution in [-0.4, -0.2) is 55.9 Å². The van der Waals surface area contributed by atoms with Crippen molar-refractivity contribution in [1.82, 2.24) is 10.2 Å². The summed E-state index contributed by atoms with van der Waals surface area (Å²) in [6.07, 6.45) is 0.396. The standard InChI is InChI=1S/C9H19N3O/c1-7(10)6-12-2-3-13-9-5-11-4-8(9)12/h7-9,11H,2-6,10H2,1H3/t7?,8-,9-/m1/s1. The minimum atomic E-state index is 0.263. The first-order valence-electron chi connectivity index (χ1n) is 5.09. The molecule has 0 saturated carbocycles. The van der Waals surface area contributed by atoms with Gasteiger partial charge in [-0.05, 0) is 6.92 Å². The van der Waals surface area contributed by atoms with Crippen LogP contribution in [-0.2, 0) is 4.74 Å². The van der Waals surface area contributed by atoms with E-state index in [-0.39, 0.29) is 6.04 Å². The van der Waals surface area contributed by atoms with Crippen LogP contribution in [0.5, 0.6) is 0 Å². The highest BCUT2D eigenvalue weighted by Crippen LogP contribution is 2.17. The molecular weight excluding hydrogens is 166 g/mol. The van der Waals surface area contributed by atoms with Crippen LogP contribution in [0.3, 0.4) is 0 Å². The van der Waals surface area contributed by atoms with Crippen molar-refractivity contribution in [2.45, 2.75) is 25.1 Å². The van der Waals surface area contributed by atoms with E-state index in [0.717, 1.165) is 32.8 Å². The predicted molar refractivity (Wildman–Crippen MR) is 51.6 cm³/mol. The van der Waals surface area contributed by atoms with Crippen molar-refractivity contribution in [3.63, 3.8) is 0 Å². The van der Waals surface area contributed by atoms with E-state index in [1.54, 1.807) is 0 Å². The molecule has 0 spiro atoms. The highest BCUT2D eigenvalue weighted by molar-refractivity contribution is 4.92. The quantitative estimate of drug-likeness (QED) is 0.580. The van der Waals surface area contributed by atoms with Crippen LogP contribution in [0, 0.1) is 0 Å². The summed E-state index contributed by atoms with van der Waals surface area (Å²) in [4.78, 5) is 2.46. The molecule has 0 bridgehead atoms. The van der Waals surface area contributed by atoms with Crippen LogP contribution in [0.25, 0.3) is 0 Å². The van der Waals surface area contributed by atoms with E-state index in [9.17, 15) is 0 Å². The first-order valence-corrected chi connectivity index (χ1v) is 5.09. The Labute approximate surface area is 79.4 Å². The fraction of sp³-hybridized carbons (Fsp3) is 1.00. The number of hydrogen-bond acceptors (Lipinski definition) is 4. The van der Waals surface area contributed by atoms with Crippen LogP contribution >= 0.6 is 0 Å². The third-order valence-electron chi connectivity index (χ3n) is 2.83. The third-order valence-corrected chi connectivity index (χ3v) is 2.83. The molecule has 0 aromatic carbocycles. The van der Waals surface area contributed by atoms with Crippen molar-refractivity contribution in [1.29, 1.82) is 0 Å². The summed E-state index contributed by atoms with van der Waals surface area (Å²) in [5.74, 6) is 0. The van der Waals surface area contributed by atoms with Crippen LogP contribution in [0.2, 0.25) is 0 Å². The Morgan fingerprint density at radius 2 is 2.46 bits per heavy atom. The van der Waals surface area contributed by atoms with Crippen molar-refractivity contribution in [2.75, 3.05) is 32.8 Å². The molecule has 2 aliphatic heterocycles. The van der Waals surface area contributed by atoms with Crippen LogP contribution < -0.4 is 11.1 Å². The van der Waals surface area contributed by atoms with Gasteiger partial charge in [-0.2, -0.15) is 0 Å².